The first-order valence-electron chi connectivity index (χ1n) is 7.19. The molecule has 0 aromatic rings. The highest BCUT2D eigenvalue weighted by atomic mass is 32.2. The number of hydrogen-bond donors (Lipinski definition) is 1. The van der Waals surface area contributed by atoms with Gasteiger partial charge in [0.05, 0.1) is 12.0 Å². The Kier molecular flexibility index (Phi) is 5.93. The summed E-state index contributed by atoms with van der Waals surface area (Å²) in [5, 5.41) is 9.59. The van der Waals surface area contributed by atoms with E-state index in [2.05, 4.69) is 40.4 Å². The molecular weight excluding hydrogens is 288 g/mol. The third kappa shape index (κ3) is 4.12. The lowest BCUT2D eigenvalue weighted by Crippen LogP contribution is -2.51. The topological polar surface area (TPSA) is 46.5 Å². The maximum atomic E-state index is 11.5. The van der Waals surface area contributed by atoms with Crippen LogP contribution in [0.25, 0.3) is 0 Å². The Morgan fingerprint density at radius 3 is 2.50 bits per heavy atom. The minimum atomic E-state index is -1.96. The molecule has 0 aromatic heterocycles. The summed E-state index contributed by atoms with van der Waals surface area (Å²) in [4.78, 5) is 11.5. The standard InChI is InChI=1S/C15H28O3SSi/c1-7-8-11-9-19-10-12(14(16)17)13(11)18-20(5,6)15(2,3)4/h7,11-13H,1,8-10H2,2-6H3,(H,16,17)/t11-,12+,13-/m0/s1. The Bertz CT molecular complexity index is 363. The Morgan fingerprint density at radius 2 is 2.05 bits per heavy atom. The maximum Gasteiger partial charge on any atom is 0.309 e. The molecular formula is C15H28O3SSi. The number of rotatable bonds is 5. The summed E-state index contributed by atoms with van der Waals surface area (Å²) in [6, 6.07) is 0. The Labute approximate surface area is 128 Å². The largest absolute Gasteiger partial charge is 0.481 e. The van der Waals surface area contributed by atoms with E-state index in [1.165, 1.54) is 0 Å². The third-order valence-corrected chi connectivity index (χ3v) is 10.2. The number of hydrogen-bond acceptors (Lipinski definition) is 3. The molecule has 3 nitrogen and oxygen atoms in total. The molecule has 1 N–H and O–H groups in total. The van der Waals surface area contributed by atoms with Crippen molar-refractivity contribution in [2.75, 3.05) is 11.5 Å². The quantitative estimate of drug-likeness (QED) is 0.615. The fraction of sp³-hybridized carbons (Fsp3) is 0.800. The van der Waals surface area contributed by atoms with Crippen LogP contribution in [0.1, 0.15) is 27.2 Å². The molecule has 0 unspecified atom stereocenters. The van der Waals surface area contributed by atoms with Crippen molar-refractivity contribution in [2.45, 2.75) is 51.4 Å². The van der Waals surface area contributed by atoms with Gasteiger partial charge >= 0.3 is 5.97 Å². The summed E-state index contributed by atoms with van der Waals surface area (Å²) in [6.45, 7) is 14.8. The monoisotopic (exact) mass is 316 g/mol. The number of carboxylic acids is 1. The molecule has 0 saturated carbocycles. The molecule has 0 aliphatic carbocycles. The lowest BCUT2D eigenvalue weighted by atomic mass is 9.90. The SMILES string of the molecule is C=CC[C@H]1CSC[C@@H](C(=O)O)[C@H]1O[Si](C)(C)C(C)(C)C. The first-order valence-corrected chi connectivity index (χ1v) is 11.3. The van der Waals surface area contributed by atoms with Crippen LogP contribution >= 0.6 is 11.8 Å². The summed E-state index contributed by atoms with van der Waals surface area (Å²) in [6.07, 6.45) is 2.54. The third-order valence-electron chi connectivity index (χ3n) is 4.51. The second-order valence-electron chi connectivity index (χ2n) is 7.11. The van der Waals surface area contributed by atoms with Crippen molar-refractivity contribution in [3.8, 4) is 0 Å². The number of allylic oxidation sites excluding steroid dienone is 1. The van der Waals surface area contributed by atoms with Crippen molar-refractivity contribution >= 4 is 26.0 Å². The average Bonchev–Trinajstić information content (AvgIpc) is 2.29. The van der Waals surface area contributed by atoms with Gasteiger partial charge in [-0.2, -0.15) is 11.8 Å². The van der Waals surface area contributed by atoms with E-state index in [1.54, 1.807) is 11.8 Å². The van der Waals surface area contributed by atoms with Crippen LogP contribution in [0.5, 0.6) is 0 Å². The lowest BCUT2D eigenvalue weighted by molar-refractivity contribution is -0.145. The van der Waals surface area contributed by atoms with E-state index in [-0.39, 0.29) is 17.1 Å². The smallest absolute Gasteiger partial charge is 0.309 e. The normalized spacial score (nSPS) is 28.1. The maximum absolute atomic E-state index is 11.5. The van der Waals surface area contributed by atoms with Gasteiger partial charge in [-0.3, -0.25) is 4.79 Å². The summed E-state index contributed by atoms with van der Waals surface area (Å²) >= 11 is 1.72. The van der Waals surface area contributed by atoms with Gasteiger partial charge in [-0.05, 0) is 36.2 Å². The van der Waals surface area contributed by atoms with E-state index in [0.717, 1.165) is 12.2 Å². The minimum absolute atomic E-state index is 0.0966. The van der Waals surface area contributed by atoms with Crippen LogP contribution < -0.4 is 0 Å². The summed E-state index contributed by atoms with van der Waals surface area (Å²) in [5.41, 5.74) is 0. The molecule has 1 saturated heterocycles. The van der Waals surface area contributed by atoms with E-state index >= 15 is 0 Å². The van der Waals surface area contributed by atoms with E-state index in [1.807, 2.05) is 6.08 Å². The van der Waals surface area contributed by atoms with Crippen molar-refractivity contribution < 1.29 is 14.3 Å². The second kappa shape index (κ2) is 6.67. The highest BCUT2D eigenvalue weighted by Gasteiger charge is 2.45. The number of carboxylic acid groups (broad SMARTS) is 1. The van der Waals surface area contributed by atoms with Crippen LogP contribution in [0.4, 0.5) is 0 Å². The predicted molar refractivity (Wildman–Crippen MR) is 88.8 cm³/mol. The number of carbonyl (C=O) groups is 1. The fourth-order valence-electron chi connectivity index (χ4n) is 2.19. The molecule has 116 valence electrons. The lowest BCUT2D eigenvalue weighted by Gasteiger charge is -2.44. The van der Waals surface area contributed by atoms with Gasteiger partial charge in [-0.25, -0.2) is 0 Å². The number of aliphatic carboxylic acids is 1. The number of thioether (sulfide) groups is 1. The van der Waals surface area contributed by atoms with Crippen LogP contribution in [0.15, 0.2) is 12.7 Å². The van der Waals surface area contributed by atoms with E-state index < -0.39 is 20.2 Å². The van der Waals surface area contributed by atoms with E-state index in [4.69, 9.17) is 4.43 Å². The molecule has 1 fully saturated rings. The first kappa shape index (κ1) is 17.8. The van der Waals surface area contributed by atoms with Gasteiger partial charge in [0.2, 0.25) is 0 Å². The van der Waals surface area contributed by atoms with Crippen molar-refractivity contribution in [2.24, 2.45) is 11.8 Å². The Hall–Kier alpha value is -0.263. The zero-order valence-corrected chi connectivity index (χ0v) is 15.1. The Morgan fingerprint density at radius 1 is 1.45 bits per heavy atom. The van der Waals surface area contributed by atoms with E-state index in [9.17, 15) is 9.90 Å². The average molecular weight is 317 g/mol. The molecule has 0 bridgehead atoms. The summed E-state index contributed by atoms with van der Waals surface area (Å²) < 4.78 is 6.48. The van der Waals surface area contributed by atoms with Crippen molar-refractivity contribution in [3.05, 3.63) is 12.7 Å². The van der Waals surface area contributed by atoms with Crippen LogP contribution in [-0.2, 0) is 9.22 Å². The highest BCUT2D eigenvalue weighted by molar-refractivity contribution is 7.99. The van der Waals surface area contributed by atoms with Gasteiger partial charge in [0.25, 0.3) is 0 Å². The molecule has 1 heterocycles. The second-order valence-corrected chi connectivity index (χ2v) is 12.9. The fourth-order valence-corrected chi connectivity index (χ4v) is 4.93. The molecule has 20 heavy (non-hydrogen) atoms. The van der Waals surface area contributed by atoms with Gasteiger partial charge in [-0.1, -0.05) is 26.8 Å². The van der Waals surface area contributed by atoms with Gasteiger partial charge < -0.3 is 9.53 Å². The van der Waals surface area contributed by atoms with Gasteiger partial charge in [0.15, 0.2) is 8.32 Å². The summed E-state index contributed by atoms with van der Waals surface area (Å²) in [5.74, 6) is 0.765. The molecule has 1 aliphatic heterocycles. The summed E-state index contributed by atoms with van der Waals surface area (Å²) in [7, 11) is -1.96. The molecule has 0 aromatic carbocycles. The Balaban J connectivity index is 2.97. The van der Waals surface area contributed by atoms with E-state index in [0.29, 0.717) is 5.75 Å². The minimum Gasteiger partial charge on any atom is -0.481 e. The van der Waals surface area contributed by atoms with Gasteiger partial charge in [0.1, 0.15) is 0 Å². The van der Waals surface area contributed by atoms with Crippen LogP contribution in [0.3, 0.4) is 0 Å². The molecule has 0 radical (unpaired) electrons. The van der Waals surface area contributed by atoms with Gasteiger partial charge in [-0.15, -0.1) is 6.58 Å². The molecule has 1 rings (SSSR count). The van der Waals surface area contributed by atoms with Crippen LogP contribution in [-0.4, -0.2) is 37.0 Å². The van der Waals surface area contributed by atoms with Crippen molar-refractivity contribution in [1.82, 2.24) is 0 Å². The first-order chi connectivity index (χ1) is 9.10. The molecule has 0 spiro atoms. The van der Waals surface area contributed by atoms with Gasteiger partial charge in [0, 0.05) is 5.75 Å². The molecule has 1 aliphatic rings. The zero-order chi connectivity index (χ0) is 15.6. The highest BCUT2D eigenvalue weighted by Crippen LogP contribution is 2.42. The van der Waals surface area contributed by atoms with Crippen molar-refractivity contribution in [1.29, 1.82) is 0 Å². The molecule has 5 heteroatoms. The van der Waals surface area contributed by atoms with Crippen molar-refractivity contribution in [3.63, 3.8) is 0 Å². The zero-order valence-electron chi connectivity index (χ0n) is 13.3. The molecule has 0 amide bonds. The van der Waals surface area contributed by atoms with Crippen LogP contribution in [0, 0.1) is 11.8 Å². The molecule has 3 atom stereocenters. The van der Waals surface area contributed by atoms with Crippen LogP contribution in [0.2, 0.25) is 18.1 Å². The predicted octanol–water partition coefficient (Wildman–Crippen LogP) is 4.02.